The van der Waals surface area contributed by atoms with E-state index in [-0.39, 0.29) is 11.0 Å². The molecule has 0 spiro atoms. The van der Waals surface area contributed by atoms with E-state index in [2.05, 4.69) is 26.5 Å². The fourth-order valence-electron chi connectivity index (χ4n) is 1.79. The lowest BCUT2D eigenvalue weighted by Crippen LogP contribution is -2.30. The molecule has 1 aliphatic rings. The van der Waals surface area contributed by atoms with E-state index in [0.29, 0.717) is 6.54 Å². The number of nitrogens with zero attached hydrogens (tertiary/aromatic N) is 2. The van der Waals surface area contributed by atoms with Gasteiger partial charge in [-0.25, -0.2) is 0 Å². The van der Waals surface area contributed by atoms with Crippen molar-refractivity contribution in [3.8, 4) is 0 Å². The van der Waals surface area contributed by atoms with Crippen LogP contribution in [0, 0.1) is 0 Å². The molecule has 0 atom stereocenters. The molecule has 94 valence electrons. The molecule has 0 aliphatic carbocycles. The van der Waals surface area contributed by atoms with E-state index in [1.807, 2.05) is 18.2 Å². The first kappa shape index (κ1) is 13.0. The fraction of sp³-hybridized carbons (Fsp3) is 0.182. The lowest BCUT2D eigenvalue weighted by Gasteiger charge is -2.13. The van der Waals surface area contributed by atoms with Crippen LogP contribution in [0.1, 0.15) is 12.5 Å². The third-order valence-corrected chi connectivity index (χ3v) is 3.13. The standard InChI is InChI=1S/C11H11BrN4OS/c1-6(17)16-5-9(14-15-11(13)18)8-4-7(12)2-3-10(8)16/h2-4H,5H2,1H3,(H3,13,15,18). The summed E-state index contributed by atoms with van der Waals surface area (Å²) >= 11 is 8.11. The molecule has 0 saturated carbocycles. The number of halogens is 1. The maximum absolute atomic E-state index is 11.6. The van der Waals surface area contributed by atoms with E-state index in [1.165, 1.54) is 6.92 Å². The number of amides is 1. The van der Waals surface area contributed by atoms with Crippen LogP contribution in [-0.2, 0) is 4.79 Å². The predicted molar refractivity (Wildman–Crippen MR) is 78.6 cm³/mol. The molecule has 0 unspecified atom stereocenters. The van der Waals surface area contributed by atoms with Gasteiger partial charge in [0.25, 0.3) is 0 Å². The molecule has 5 nitrogen and oxygen atoms in total. The molecule has 2 rings (SSSR count). The summed E-state index contributed by atoms with van der Waals surface area (Å²) in [6.45, 7) is 1.94. The first-order chi connectivity index (χ1) is 8.49. The summed E-state index contributed by atoms with van der Waals surface area (Å²) in [5, 5.41) is 4.22. The molecule has 0 saturated heterocycles. The van der Waals surface area contributed by atoms with Gasteiger partial charge in [-0.15, -0.1) is 0 Å². The largest absolute Gasteiger partial charge is 0.375 e. The monoisotopic (exact) mass is 326 g/mol. The second kappa shape index (κ2) is 5.03. The van der Waals surface area contributed by atoms with E-state index in [0.717, 1.165) is 21.4 Å². The number of carbonyl (C=O) groups is 1. The fourth-order valence-corrected chi connectivity index (χ4v) is 2.20. The Bertz CT molecular complexity index is 558. The molecule has 18 heavy (non-hydrogen) atoms. The average molecular weight is 327 g/mol. The molecule has 1 amide bonds. The van der Waals surface area contributed by atoms with E-state index < -0.39 is 0 Å². The first-order valence-electron chi connectivity index (χ1n) is 5.19. The molecular weight excluding hydrogens is 316 g/mol. The van der Waals surface area contributed by atoms with E-state index in [9.17, 15) is 4.79 Å². The van der Waals surface area contributed by atoms with Crippen molar-refractivity contribution >= 4 is 50.6 Å². The Morgan fingerprint density at radius 3 is 2.94 bits per heavy atom. The van der Waals surface area contributed by atoms with Gasteiger partial charge in [-0.3, -0.25) is 10.2 Å². The van der Waals surface area contributed by atoms with Crippen molar-refractivity contribution in [2.75, 3.05) is 11.4 Å². The maximum Gasteiger partial charge on any atom is 0.224 e. The van der Waals surface area contributed by atoms with Gasteiger partial charge in [0.05, 0.1) is 17.9 Å². The number of hydrogen-bond acceptors (Lipinski definition) is 3. The highest BCUT2D eigenvalue weighted by Crippen LogP contribution is 2.30. The van der Waals surface area contributed by atoms with Crippen molar-refractivity contribution in [3.63, 3.8) is 0 Å². The van der Waals surface area contributed by atoms with Crippen molar-refractivity contribution in [2.24, 2.45) is 10.8 Å². The zero-order valence-electron chi connectivity index (χ0n) is 9.61. The molecule has 1 heterocycles. The van der Waals surface area contributed by atoms with Gasteiger partial charge in [0.15, 0.2) is 5.11 Å². The van der Waals surface area contributed by atoms with Gasteiger partial charge in [0.1, 0.15) is 0 Å². The van der Waals surface area contributed by atoms with Gasteiger partial charge < -0.3 is 10.6 Å². The van der Waals surface area contributed by atoms with E-state index in [4.69, 9.17) is 18.0 Å². The molecule has 0 bridgehead atoms. The van der Waals surface area contributed by atoms with Crippen LogP contribution in [0.5, 0.6) is 0 Å². The zero-order valence-corrected chi connectivity index (χ0v) is 12.0. The summed E-state index contributed by atoms with van der Waals surface area (Å²) in [4.78, 5) is 13.2. The van der Waals surface area contributed by atoms with Crippen molar-refractivity contribution in [2.45, 2.75) is 6.92 Å². The second-order valence-corrected chi connectivity index (χ2v) is 5.16. The number of rotatable bonds is 1. The molecule has 3 N–H and O–H groups in total. The van der Waals surface area contributed by atoms with Gasteiger partial charge in [-0.05, 0) is 30.4 Å². The summed E-state index contributed by atoms with van der Waals surface area (Å²) in [5.74, 6) is -0.0286. The number of nitrogens with two attached hydrogens (primary N) is 1. The number of carbonyl (C=O) groups excluding carboxylic acids is 1. The average Bonchev–Trinajstić information content (AvgIpc) is 2.64. The molecule has 0 radical (unpaired) electrons. The molecule has 0 aromatic heterocycles. The quantitative estimate of drug-likeness (QED) is 0.603. The van der Waals surface area contributed by atoms with Crippen LogP contribution in [0.25, 0.3) is 0 Å². The Morgan fingerprint density at radius 1 is 1.61 bits per heavy atom. The highest BCUT2D eigenvalue weighted by Gasteiger charge is 2.27. The van der Waals surface area contributed by atoms with Gasteiger partial charge in [-0.1, -0.05) is 15.9 Å². The van der Waals surface area contributed by atoms with Crippen LogP contribution in [0.15, 0.2) is 27.8 Å². The van der Waals surface area contributed by atoms with Crippen LogP contribution in [0.4, 0.5) is 5.69 Å². The topological polar surface area (TPSA) is 70.7 Å². The third-order valence-electron chi connectivity index (χ3n) is 2.55. The van der Waals surface area contributed by atoms with Gasteiger partial charge in [0, 0.05) is 17.0 Å². The van der Waals surface area contributed by atoms with Gasteiger partial charge in [-0.2, -0.15) is 5.10 Å². The zero-order chi connectivity index (χ0) is 13.3. The van der Waals surface area contributed by atoms with Crippen LogP contribution in [-0.4, -0.2) is 23.3 Å². The minimum Gasteiger partial charge on any atom is -0.375 e. The minimum absolute atomic E-state index is 0.0286. The number of hydrogen-bond donors (Lipinski definition) is 2. The minimum atomic E-state index is -0.0286. The van der Waals surface area contributed by atoms with Crippen molar-refractivity contribution in [1.29, 1.82) is 0 Å². The Hall–Kier alpha value is -1.47. The van der Waals surface area contributed by atoms with Crippen LogP contribution < -0.4 is 16.1 Å². The molecule has 0 fully saturated rings. The summed E-state index contributed by atoms with van der Waals surface area (Å²) in [5.41, 5.74) is 10.4. The third kappa shape index (κ3) is 2.51. The first-order valence-corrected chi connectivity index (χ1v) is 6.39. The van der Waals surface area contributed by atoms with Crippen LogP contribution >= 0.6 is 28.1 Å². The number of nitrogens with one attached hydrogen (secondary N) is 1. The number of hydrazone groups is 1. The number of fused-ring (bicyclic) bond motifs is 1. The van der Waals surface area contributed by atoms with Crippen LogP contribution in [0.3, 0.4) is 0 Å². The summed E-state index contributed by atoms with van der Waals surface area (Å²) in [6, 6.07) is 5.68. The molecule has 1 aromatic carbocycles. The number of anilines is 1. The summed E-state index contributed by atoms with van der Waals surface area (Å²) < 4.78 is 0.926. The summed E-state index contributed by atoms with van der Waals surface area (Å²) in [6.07, 6.45) is 0. The Labute approximate surface area is 118 Å². The Kier molecular flexibility index (Phi) is 3.63. The molecule has 1 aliphatic heterocycles. The number of thiocarbonyl (C=S) groups is 1. The smallest absolute Gasteiger partial charge is 0.224 e. The highest BCUT2D eigenvalue weighted by atomic mass is 79.9. The molecule has 7 heteroatoms. The maximum atomic E-state index is 11.6. The number of benzene rings is 1. The predicted octanol–water partition coefficient (Wildman–Crippen LogP) is 1.35. The van der Waals surface area contributed by atoms with Gasteiger partial charge in [0.2, 0.25) is 5.91 Å². The molecule has 1 aromatic rings. The van der Waals surface area contributed by atoms with E-state index in [1.54, 1.807) is 4.90 Å². The lowest BCUT2D eigenvalue weighted by atomic mass is 10.1. The summed E-state index contributed by atoms with van der Waals surface area (Å²) in [7, 11) is 0. The van der Waals surface area contributed by atoms with Crippen molar-refractivity contribution in [1.82, 2.24) is 5.43 Å². The highest BCUT2D eigenvalue weighted by molar-refractivity contribution is 9.10. The van der Waals surface area contributed by atoms with Gasteiger partial charge >= 0.3 is 0 Å². The second-order valence-electron chi connectivity index (χ2n) is 3.80. The van der Waals surface area contributed by atoms with Crippen molar-refractivity contribution in [3.05, 3.63) is 28.2 Å². The molecular formula is C11H11BrN4OS. The Morgan fingerprint density at radius 2 is 2.33 bits per heavy atom. The lowest BCUT2D eigenvalue weighted by molar-refractivity contribution is -0.116. The normalized spacial score (nSPS) is 15.7. The SMILES string of the molecule is CC(=O)N1CC(=NNC(N)=S)c2cc(Br)ccc21. The Balaban J connectivity index is 2.44. The van der Waals surface area contributed by atoms with Crippen molar-refractivity contribution < 1.29 is 4.79 Å². The van der Waals surface area contributed by atoms with E-state index >= 15 is 0 Å². The van der Waals surface area contributed by atoms with Crippen LogP contribution in [0.2, 0.25) is 0 Å².